The summed E-state index contributed by atoms with van der Waals surface area (Å²) in [6.45, 7) is 12.6. The van der Waals surface area contributed by atoms with Crippen LogP contribution in [0.1, 0.15) is 79.1 Å². The second-order valence-corrected chi connectivity index (χ2v) is 11.1. The number of aliphatic hydroxyl groups excluding tert-OH is 1. The summed E-state index contributed by atoms with van der Waals surface area (Å²) < 4.78 is 11.1. The van der Waals surface area contributed by atoms with Crippen LogP contribution in [0.25, 0.3) is 0 Å². The first kappa shape index (κ1) is 21.9. The number of hydrogen-bond donors (Lipinski definition) is 1. The summed E-state index contributed by atoms with van der Waals surface area (Å²) in [7, 11) is 0. The monoisotopic (exact) mass is 418 g/mol. The Morgan fingerprint density at radius 2 is 1.87 bits per heavy atom. The van der Waals surface area contributed by atoms with Gasteiger partial charge >= 0.3 is 11.9 Å². The van der Waals surface area contributed by atoms with E-state index in [1.807, 2.05) is 0 Å². The Hall–Kier alpha value is -1.36. The Kier molecular flexibility index (Phi) is 5.16. The SMILES string of the molecule is C=C1CCC2C1(C)CCC1(C3(C)CCC(OC(C)=O)CC3COC(C)=O)CC21CO. The Morgan fingerprint density at radius 3 is 2.50 bits per heavy atom. The Bertz CT molecular complexity index is 761. The molecule has 0 saturated heterocycles. The van der Waals surface area contributed by atoms with Crippen molar-refractivity contribution >= 4 is 11.9 Å². The fourth-order valence-electron chi connectivity index (χ4n) is 8.34. The maximum atomic E-state index is 11.6. The van der Waals surface area contributed by atoms with Gasteiger partial charge in [0, 0.05) is 31.8 Å². The number of rotatable bonds is 5. The van der Waals surface area contributed by atoms with E-state index in [0.717, 1.165) is 51.4 Å². The molecule has 5 nitrogen and oxygen atoms in total. The predicted octanol–water partition coefficient (Wildman–Crippen LogP) is 4.42. The normalized spacial score (nSPS) is 47.2. The number of fused-ring (bicyclic) bond motifs is 3. The topological polar surface area (TPSA) is 72.8 Å². The van der Waals surface area contributed by atoms with E-state index in [1.54, 1.807) is 0 Å². The third-order valence-corrected chi connectivity index (χ3v) is 10.1. The third kappa shape index (κ3) is 2.83. The highest BCUT2D eigenvalue weighted by atomic mass is 16.5. The number of carbonyl (C=O) groups excluding carboxylic acids is 2. The molecule has 4 fully saturated rings. The zero-order valence-electron chi connectivity index (χ0n) is 19.1. The lowest BCUT2D eigenvalue weighted by Gasteiger charge is -2.56. The fraction of sp³-hybridized carbons (Fsp3) is 0.840. The average Bonchev–Trinajstić information content (AvgIpc) is 3.29. The first-order chi connectivity index (χ1) is 14.0. The van der Waals surface area contributed by atoms with Crippen molar-refractivity contribution in [1.82, 2.24) is 0 Å². The summed E-state index contributed by atoms with van der Waals surface area (Å²) >= 11 is 0. The van der Waals surface area contributed by atoms with Gasteiger partial charge in [0.1, 0.15) is 6.10 Å². The van der Waals surface area contributed by atoms with Crippen molar-refractivity contribution in [2.75, 3.05) is 13.2 Å². The van der Waals surface area contributed by atoms with Gasteiger partial charge < -0.3 is 14.6 Å². The van der Waals surface area contributed by atoms with Crippen molar-refractivity contribution in [3.63, 3.8) is 0 Å². The lowest BCUT2D eigenvalue weighted by Crippen LogP contribution is -2.52. The molecule has 0 radical (unpaired) electrons. The summed E-state index contributed by atoms with van der Waals surface area (Å²) in [6, 6.07) is 0. The largest absolute Gasteiger partial charge is 0.466 e. The molecule has 0 bridgehead atoms. The van der Waals surface area contributed by atoms with Crippen molar-refractivity contribution in [2.45, 2.75) is 85.2 Å². The summed E-state index contributed by atoms with van der Waals surface area (Å²) in [5, 5.41) is 10.7. The number of hydrogen-bond acceptors (Lipinski definition) is 5. The Labute approximate surface area is 180 Å². The molecule has 4 aliphatic rings. The minimum absolute atomic E-state index is 0.0485. The molecule has 0 aliphatic heterocycles. The highest BCUT2D eigenvalue weighted by Crippen LogP contribution is 2.86. The van der Waals surface area contributed by atoms with Crippen molar-refractivity contribution in [2.24, 2.45) is 33.5 Å². The van der Waals surface area contributed by atoms with Crippen LogP contribution in [0.3, 0.4) is 0 Å². The van der Waals surface area contributed by atoms with E-state index in [9.17, 15) is 14.7 Å². The van der Waals surface area contributed by atoms with Crippen LogP contribution in [-0.2, 0) is 19.1 Å². The molecule has 0 spiro atoms. The van der Waals surface area contributed by atoms with E-state index in [1.165, 1.54) is 19.4 Å². The molecule has 30 heavy (non-hydrogen) atoms. The summed E-state index contributed by atoms with van der Waals surface area (Å²) in [6.07, 6.45) is 7.84. The van der Waals surface area contributed by atoms with Crippen molar-refractivity contribution in [1.29, 1.82) is 0 Å². The van der Waals surface area contributed by atoms with E-state index < -0.39 is 0 Å². The van der Waals surface area contributed by atoms with Gasteiger partial charge in [-0.15, -0.1) is 0 Å². The van der Waals surface area contributed by atoms with Gasteiger partial charge in [0.2, 0.25) is 0 Å². The molecule has 7 atom stereocenters. The van der Waals surface area contributed by atoms with Gasteiger partial charge in [-0.25, -0.2) is 0 Å². The van der Waals surface area contributed by atoms with Gasteiger partial charge in [-0.2, -0.15) is 0 Å². The molecule has 4 aliphatic carbocycles. The zero-order valence-corrected chi connectivity index (χ0v) is 19.1. The highest BCUT2D eigenvalue weighted by Gasteiger charge is 2.81. The zero-order chi connectivity index (χ0) is 21.9. The van der Waals surface area contributed by atoms with E-state index in [0.29, 0.717) is 12.5 Å². The van der Waals surface area contributed by atoms with Gasteiger partial charge in [0.15, 0.2) is 0 Å². The third-order valence-electron chi connectivity index (χ3n) is 10.1. The van der Waals surface area contributed by atoms with Gasteiger partial charge in [-0.1, -0.05) is 26.0 Å². The average molecular weight is 419 g/mol. The Balaban J connectivity index is 1.66. The van der Waals surface area contributed by atoms with Crippen LogP contribution in [0.4, 0.5) is 0 Å². The van der Waals surface area contributed by atoms with Crippen LogP contribution in [-0.4, -0.2) is 36.4 Å². The van der Waals surface area contributed by atoms with Crippen molar-refractivity contribution < 1.29 is 24.2 Å². The molecular weight excluding hydrogens is 380 g/mol. The van der Waals surface area contributed by atoms with Gasteiger partial charge in [0.25, 0.3) is 0 Å². The number of allylic oxidation sites excluding steroid dienone is 1. The first-order valence-corrected chi connectivity index (χ1v) is 11.6. The maximum absolute atomic E-state index is 11.6. The molecule has 4 rings (SSSR count). The van der Waals surface area contributed by atoms with Crippen molar-refractivity contribution in [3.05, 3.63) is 12.2 Å². The first-order valence-electron chi connectivity index (χ1n) is 11.6. The minimum atomic E-state index is -0.267. The van der Waals surface area contributed by atoms with E-state index in [2.05, 4.69) is 20.4 Å². The smallest absolute Gasteiger partial charge is 0.302 e. The number of esters is 2. The molecule has 0 heterocycles. The predicted molar refractivity (Wildman–Crippen MR) is 113 cm³/mol. The number of aliphatic hydroxyl groups is 1. The van der Waals surface area contributed by atoms with E-state index in [-0.39, 0.29) is 52.2 Å². The molecule has 0 aromatic heterocycles. The standard InChI is InChI=1S/C25H38O5/c1-16-6-7-21-22(16,4)10-11-25(14-24(21,25)15-26)23(5)9-8-20(30-18(3)28)12-19(23)13-29-17(2)27/h19-21,26H,1,6-15H2,2-5H3. The molecule has 4 saturated carbocycles. The second-order valence-electron chi connectivity index (χ2n) is 11.1. The summed E-state index contributed by atoms with van der Waals surface area (Å²) in [5.41, 5.74) is 1.46. The fourth-order valence-corrected chi connectivity index (χ4v) is 8.34. The molecule has 1 N–H and O–H groups in total. The number of carbonyl (C=O) groups is 2. The minimum Gasteiger partial charge on any atom is -0.466 e. The van der Waals surface area contributed by atoms with Crippen molar-refractivity contribution in [3.8, 4) is 0 Å². The highest BCUT2D eigenvalue weighted by molar-refractivity contribution is 5.66. The molecule has 7 unspecified atom stereocenters. The van der Waals surface area contributed by atoms with Crippen LogP contribution >= 0.6 is 0 Å². The molecule has 0 aromatic carbocycles. The quantitative estimate of drug-likeness (QED) is 0.528. The van der Waals surface area contributed by atoms with Gasteiger partial charge in [-0.3, -0.25) is 9.59 Å². The summed E-state index contributed by atoms with van der Waals surface area (Å²) in [4.78, 5) is 23.2. The van der Waals surface area contributed by atoms with Crippen LogP contribution in [0.2, 0.25) is 0 Å². The molecular formula is C25H38O5. The summed E-state index contributed by atoms with van der Waals surface area (Å²) in [5.74, 6) is 0.0922. The molecule has 0 amide bonds. The Morgan fingerprint density at radius 1 is 1.13 bits per heavy atom. The van der Waals surface area contributed by atoms with Crippen LogP contribution in [0.15, 0.2) is 12.2 Å². The van der Waals surface area contributed by atoms with Gasteiger partial charge in [0.05, 0.1) is 6.61 Å². The van der Waals surface area contributed by atoms with Crippen LogP contribution < -0.4 is 0 Å². The molecule has 0 aromatic rings. The van der Waals surface area contributed by atoms with Gasteiger partial charge in [-0.05, 0) is 73.5 Å². The number of ether oxygens (including phenoxy) is 2. The maximum Gasteiger partial charge on any atom is 0.302 e. The molecule has 168 valence electrons. The lowest BCUT2D eigenvalue weighted by atomic mass is 9.49. The van der Waals surface area contributed by atoms with E-state index >= 15 is 0 Å². The van der Waals surface area contributed by atoms with Crippen LogP contribution in [0.5, 0.6) is 0 Å². The molecule has 5 heteroatoms. The second kappa shape index (κ2) is 7.08. The van der Waals surface area contributed by atoms with Crippen LogP contribution in [0, 0.1) is 33.5 Å². The lowest BCUT2D eigenvalue weighted by molar-refractivity contribution is -0.162. The van der Waals surface area contributed by atoms with E-state index in [4.69, 9.17) is 9.47 Å².